The van der Waals surface area contributed by atoms with Crippen LogP contribution < -0.4 is 11.0 Å². The fourth-order valence-corrected chi connectivity index (χ4v) is 2.11. The van der Waals surface area contributed by atoms with Crippen molar-refractivity contribution in [2.45, 2.75) is 6.92 Å². The molecule has 0 radical (unpaired) electrons. The van der Waals surface area contributed by atoms with Gasteiger partial charge in [-0.1, -0.05) is 18.2 Å². The average molecular weight is 267 g/mol. The van der Waals surface area contributed by atoms with Gasteiger partial charge in [0, 0.05) is 11.3 Å². The van der Waals surface area contributed by atoms with Crippen LogP contribution in [0, 0.1) is 6.92 Å². The number of carbonyl (C=O) groups excluding carboxylic acids is 1. The van der Waals surface area contributed by atoms with E-state index in [1.165, 1.54) is 0 Å². The highest BCUT2D eigenvalue weighted by Gasteiger charge is 2.09. The smallest absolute Gasteiger partial charge is 0.322 e. The zero-order valence-corrected chi connectivity index (χ0v) is 10.9. The number of benzene rings is 2. The highest BCUT2D eigenvalue weighted by Crippen LogP contribution is 2.21. The van der Waals surface area contributed by atoms with Crippen molar-refractivity contribution in [1.29, 1.82) is 0 Å². The second-order valence-electron chi connectivity index (χ2n) is 4.61. The Morgan fingerprint density at radius 3 is 2.40 bits per heavy atom. The molecule has 0 saturated carbocycles. The molecule has 0 fully saturated rings. The molecule has 0 aliphatic rings. The van der Waals surface area contributed by atoms with Crippen LogP contribution in [-0.4, -0.2) is 15.9 Å². The minimum absolute atomic E-state index is 0.175. The highest BCUT2D eigenvalue weighted by atomic mass is 16.2. The van der Waals surface area contributed by atoms with E-state index in [1.807, 2.05) is 31.2 Å². The van der Waals surface area contributed by atoms with Crippen molar-refractivity contribution in [3.8, 4) is 0 Å². The Kier molecular flexibility index (Phi) is 2.87. The molecule has 1 aromatic heterocycles. The lowest BCUT2D eigenvalue weighted by molar-refractivity contribution is 0.102. The van der Waals surface area contributed by atoms with Crippen molar-refractivity contribution < 1.29 is 4.79 Å². The molecule has 1 amide bonds. The van der Waals surface area contributed by atoms with Crippen LogP contribution in [0.2, 0.25) is 0 Å². The number of hydrogen-bond acceptors (Lipinski definition) is 2. The van der Waals surface area contributed by atoms with E-state index in [9.17, 15) is 9.59 Å². The second-order valence-corrected chi connectivity index (χ2v) is 4.61. The Morgan fingerprint density at radius 2 is 1.70 bits per heavy atom. The number of anilines is 1. The standard InChI is InChI=1S/C15H13N3O2/c1-9-7-12-13(18-15(20)17-12)8-11(9)16-14(19)10-5-3-2-4-6-10/h2-8H,1H3,(H,16,19)(H2,17,18,20). The van der Waals surface area contributed by atoms with Crippen LogP contribution in [0.1, 0.15) is 15.9 Å². The third-order valence-electron chi connectivity index (χ3n) is 3.15. The van der Waals surface area contributed by atoms with E-state index >= 15 is 0 Å². The van der Waals surface area contributed by atoms with Crippen LogP contribution >= 0.6 is 0 Å². The number of aromatic nitrogens is 2. The Hall–Kier alpha value is -2.82. The number of H-pyrrole nitrogens is 2. The summed E-state index contributed by atoms with van der Waals surface area (Å²) in [6.07, 6.45) is 0. The third kappa shape index (κ3) is 2.21. The van der Waals surface area contributed by atoms with E-state index in [0.717, 1.165) is 11.1 Å². The molecule has 3 N–H and O–H groups in total. The van der Waals surface area contributed by atoms with Crippen molar-refractivity contribution in [2.24, 2.45) is 0 Å². The molecular formula is C15H13N3O2. The Balaban J connectivity index is 1.96. The summed E-state index contributed by atoms with van der Waals surface area (Å²) in [6, 6.07) is 12.6. The lowest BCUT2D eigenvalue weighted by Gasteiger charge is -2.08. The highest BCUT2D eigenvalue weighted by molar-refractivity contribution is 6.05. The van der Waals surface area contributed by atoms with Gasteiger partial charge < -0.3 is 15.3 Å². The number of hydrogen-bond donors (Lipinski definition) is 3. The van der Waals surface area contributed by atoms with Gasteiger partial charge in [0.2, 0.25) is 0 Å². The van der Waals surface area contributed by atoms with Gasteiger partial charge in [0.15, 0.2) is 0 Å². The topological polar surface area (TPSA) is 77.8 Å². The van der Waals surface area contributed by atoms with Crippen molar-refractivity contribution in [3.63, 3.8) is 0 Å². The van der Waals surface area contributed by atoms with Gasteiger partial charge in [0.05, 0.1) is 11.0 Å². The van der Waals surface area contributed by atoms with E-state index in [2.05, 4.69) is 15.3 Å². The first-order valence-electron chi connectivity index (χ1n) is 6.22. The largest absolute Gasteiger partial charge is 0.323 e. The summed E-state index contributed by atoms with van der Waals surface area (Å²) in [5.41, 5.74) is 3.30. The third-order valence-corrected chi connectivity index (χ3v) is 3.15. The summed E-state index contributed by atoms with van der Waals surface area (Å²) in [7, 11) is 0. The van der Waals surface area contributed by atoms with Crippen LogP contribution in [-0.2, 0) is 0 Å². The monoisotopic (exact) mass is 267 g/mol. The number of amides is 1. The lowest BCUT2D eigenvalue weighted by Crippen LogP contribution is -2.12. The summed E-state index contributed by atoms with van der Waals surface area (Å²) in [5.74, 6) is -0.175. The van der Waals surface area contributed by atoms with Crippen molar-refractivity contribution in [1.82, 2.24) is 9.97 Å². The van der Waals surface area contributed by atoms with Crippen LogP contribution in [0.15, 0.2) is 47.3 Å². The van der Waals surface area contributed by atoms with Crippen LogP contribution in [0.25, 0.3) is 11.0 Å². The lowest BCUT2D eigenvalue weighted by atomic mass is 10.1. The molecule has 0 spiro atoms. The molecule has 0 aliphatic heterocycles. The molecular weight excluding hydrogens is 254 g/mol. The number of imidazole rings is 1. The molecule has 3 rings (SSSR count). The maximum atomic E-state index is 12.1. The van der Waals surface area contributed by atoms with E-state index in [4.69, 9.17) is 0 Å². The van der Waals surface area contributed by atoms with Gasteiger partial charge in [0.25, 0.3) is 5.91 Å². The van der Waals surface area contributed by atoms with Gasteiger partial charge in [-0.2, -0.15) is 0 Å². The average Bonchev–Trinajstić information content (AvgIpc) is 2.79. The Morgan fingerprint density at radius 1 is 1.05 bits per heavy atom. The molecule has 0 atom stereocenters. The van der Waals surface area contributed by atoms with Crippen molar-refractivity contribution in [3.05, 3.63) is 64.1 Å². The summed E-state index contributed by atoms with van der Waals surface area (Å²) in [6.45, 7) is 1.88. The number of nitrogens with one attached hydrogen (secondary N) is 3. The molecule has 2 aromatic carbocycles. The number of carbonyl (C=O) groups is 1. The van der Waals surface area contributed by atoms with Crippen LogP contribution in [0.3, 0.4) is 0 Å². The van der Waals surface area contributed by atoms with E-state index in [-0.39, 0.29) is 11.6 Å². The van der Waals surface area contributed by atoms with Gasteiger partial charge in [-0.25, -0.2) is 4.79 Å². The first-order valence-corrected chi connectivity index (χ1v) is 6.22. The van der Waals surface area contributed by atoms with Gasteiger partial charge in [-0.3, -0.25) is 4.79 Å². The predicted octanol–water partition coefficient (Wildman–Crippen LogP) is 2.42. The minimum atomic E-state index is -0.258. The number of aryl methyl sites for hydroxylation is 1. The maximum absolute atomic E-state index is 12.1. The first kappa shape index (κ1) is 12.2. The maximum Gasteiger partial charge on any atom is 0.323 e. The Labute approximate surface area is 114 Å². The summed E-state index contributed by atoms with van der Waals surface area (Å²) < 4.78 is 0. The van der Waals surface area contributed by atoms with E-state index in [0.29, 0.717) is 16.8 Å². The summed E-state index contributed by atoms with van der Waals surface area (Å²) >= 11 is 0. The molecule has 0 bridgehead atoms. The molecule has 0 saturated heterocycles. The number of aromatic amines is 2. The predicted molar refractivity (Wildman–Crippen MR) is 78.1 cm³/mol. The van der Waals surface area contributed by atoms with Gasteiger partial charge >= 0.3 is 5.69 Å². The molecule has 5 heteroatoms. The van der Waals surface area contributed by atoms with Crippen molar-refractivity contribution in [2.75, 3.05) is 5.32 Å². The van der Waals surface area contributed by atoms with Crippen LogP contribution in [0.4, 0.5) is 5.69 Å². The molecule has 20 heavy (non-hydrogen) atoms. The second kappa shape index (κ2) is 4.70. The van der Waals surface area contributed by atoms with Crippen molar-refractivity contribution >= 4 is 22.6 Å². The molecule has 3 aromatic rings. The molecule has 0 aliphatic carbocycles. The van der Waals surface area contributed by atoms with E-state index < -0.39 is 0 Å². The molecule has 100 valence electrons. The molecule has 1 heterocycles. The van der Waals surface area contributed by atoms with Crippen LogP contribution in [0.5, 0.6) is 0 Å². The number of rotatable bonds is 2. The van der Waals surface area contributed by atoms with Gasteiger partial charge in [0.1, 0.15) is 0 Å². The fourth-order valence-electron chi connectivity index (χ4n) is 2.11. The fraction of sp³-hybridized carbons (Fsp3) is 0.0667. The summed E-state index contributed by atoms with van der Waals surface area (Å²) in [5, 5.41) is 2.85. The zero-order valence-electron chi connectivity index (χ0n) is 10.9. The Bertz CT molecular complexity index is 831. The van der Waals surface area contributed by atoms with Gasteiger partial charge in [-0.05, 0) is 36.8 Å². The molecule has 0 unspecified atom stereocenters. The van der Waals surface area contributed by atoms with Gasteiger partial charge in [-0.15, -0.1) is 0 Å². The minimum Gasteiger partial charge on any atom is -0.322 e. The first-order chi connectivity index (χ1) is 9.63. The van der Waals surface area contributed by atoms with E-state index in [1.54, 1.807) is 18.2 Å². The summed E-state index contributed by atoms with van der Waals surface area (Å²) in [4.78, 5) is 28.7. The SMILES string of the molecule is Cc1cc2[nH]c(=O)[nH]c2cc1NC(=O)c1ccccc1. The number of fused-ring (bicyclic) bond motifs is 1. The normalized spacial score (nSPS) is 10.7. The molecule has 5 nitrogen and oxygen atoms in total. The zero-order chi connectivity index (χ0) is 14.1. The quantitative estimate of drug-likeness (QED) is 0.666.